The predicted octanol–water partition coefficient (Wildman–Crippen LogP) is 14.9. The fraction of sp³-hybridized carbons (Fsp3) is 0.0938. The second kappa shape index (κ2) is 15.9. The largest absolute Gasteiger partial charge is 0.268 e. The van der Waals surface area contributed by atoms with Gasteiger partial charge < -0.3 is 0 Å². The van der Waals surface area contributed by atoms with Gasteiger partial charge in [-0.1, -0.05) is 146 Å². The molecule has 0 saturated heterocycles. The monoisotopic (exact) mass is 904 g/mol. The maximum absolute atomic E-state index is 14.9. The number of hydrogen-bond acceptors (Lipinski definition) is 4. The molecule has 6 aliphatic rings. The van der Waals surface area contributed by atoms with Crippen LogP contribution >= 0.6 is 0 Å². The van der Waals surface area contributed by atoms with Crippen LogP contribution in [0.3, 0.4) is 0 Å². The van der Waals surface area contributed by atoms with Crippen LogP contribution in [0, 0.1) is 13.8 Å². The summed E-state index contributed by atoms with van der Waals surface area (Å²) in [6.07, 6.45) is 28.2. The number of nitrogens with zero attached hydrogens (tertiary/aromatic N) is 2. The molecule has 4 amide bonds. The summed E-state index contributed by atoms with van der Waals surface area (Å²) in [6.45, 7) is 4.05. The number of carbonyl (C=O) groups excluding carboxylic acids is 4. The SMILES string of the molecule is Cc1cc2c3c(cccc3c1-c1ccc(-c3c(C)cc4c5c(cccc35)C(=O)N(c3cc(C5=CC=CC5)ccc3C3=CCC=C3)C4=O)cc1)C(=O)N(c1cc(C3=CC=CC3)ccc1C1=CCC=C1)C2=O. The topological polar surface area (TPSA) is 74.8 Å². The average Bonchev–Trinajstić information content (AvgIpc) is 4.25. The molecule has 6 heteroatoms. The highest BCUT2D eigenvalue weighted by atomic mass is 16.2. The lowest BCUT2D eigenvalue weighted by Crippen LogP contribution is -2.41. The van der Waals surface area contributed by atoms with Crippen molar-refractivity contribution in [2.24, 2.45) is 0 Å². The highest BCUT2D eigenvalue weighted by molar-refractivity contribution is 6.38. The van der Waals surface area contributed by atoms with E-state index in [0.29, 0.717) is 44.4 Å². The summed E-state index contributed by atoms with van der Waals surface area (Å²) < 4.78 is 0. The second-order valence-corrected chi connectivity index (χ2v) is 18.9. The second-order valence-electron chi connectivity index (χ2n) is 18.9. The Hall–Kier alpha value is -8.74. The van der Waals surface area contributed by atoms with Crippen molar-refractivity contribution in [3.63, 3.8) is 0 Å². The van der Waals surface area contributed by atoms with Crippen LogP contribution in [-0.4, -0.2) is 23.6 Å². The van der Waals surface area contributed by atoms with Crippen molar-refractivity contribution in [2.45, 2.75) is 39.5 Å². The fourth-order valence-corrected chi connectivity index (χ4v) is 11.6. The molecule has 7 aromatic rings. The first-order valence-corrected chi connectivity index (χ1v) is 24.0. The number of benzene rings is 7. The molecule has 6 nitrogen and oxygen atoms in total. The molecule has 0 fully saturated rings. The van der Waals surface area contributed by atoms with Gasteiger partial charge in [0.25, 0.3) is 23.6 Å². The first-order valence-electron chi connectivity index (χ1n) is 24.0. The third-order valence-electron chi connectivity index (χ3n) is 14.8. The van der Waals surface area contributed by atoms with E-state index in [9.17, 15) is 19.2 Å². The molecule has 0 atom stereocenters. The molecule has 0 bridgehead atoms. The third kappa shape index (κ3) is 6.26. The molecule has 2 aliphatic heterocycles. The van der Waals surface area contributed by atoms with Crippen LogP contribution in [0.1, 0.15) is 100 Å². The molecule has 2 heterocycles. The molecule has 0 unspecified atom stereocenters. The van der Waals surface area contributed by atoms with E-state index >= 15 is 0 Å². The molecule has 4 aliphatic carbocycles. The highest BCUT2D eigenvalue weighted by Crippen LogP contribution is 2.46. The molecule has 0 aromatic heterocycles. The number of carbonyl (C=O) groups is 4. The van der Waals surface area contributed by atoms with Crippen molar-refractivity contribution in [2.75, 3.05) is 9.80 Å². The predicted molar refractivity (Wildman–Crippen MR) is 284 cm³/mol. The highest BCUT2D eigenvalue weighted by Gasteiger charge is 2.39. The quantitative estimate of drug-likeness (QED) is 0.142. The Balaban J connectivity index is 0.874. The van der Waals surface area contributed by atoms with E-state index in [-0.39, 0.29) is 23.6 Å². The van der Waals surface area contributed by atoms with Gasteiger partial charge in [0.15, 0.2) is 0 Å². The van der Waals surface area contributed by atoms with Gasteiger partial charge in [-0.25, -0.2) is 9.80 Å². The van der Waals surface area contributed by atoms with Gasteiger partial charge >= 0.3 is 0 Å². The van der Waals surface area contributed by atoms with E-state index < -0.39 is 0 Å². The molecule has 334 valence electrons. The molecule has 0 N–H and O–H groups in total. The van der Waals surface area contributed by atoms with Gasteiger partial charge in [0.2, 0.25) is 0 Å². The molecular weight excluding hydrogens is 861 g/mol. The number of imide groups is 2. The zero-order valence-corrected chi connectivity index (χ0v) is 38.7. The Morgan fingerprint density at radius 2 is 0.829 bits per heavy atom. The number of rotatable bonds is 8. The van der Waals surface area contributed by atoms with Crippen LogP contribution in [0.15, 0.2) is 182 Å². The Morgan fingerprint density at radius 3 is 1.21 bits per heavy atom. The van der Waals surface area contributed by atoms with Gasteiger partial charge in [-0.2, -0.15) is 0 Å². The van der Waals surface area contributed by atoms with Crippen molar-refractivity contribution < 1.29 is 19.2 Å². The Kier molecular flexibility index (Phi) is 9.43. The Morgan fingerprint density at radius 1 is 0.414 bits per heavy atom. The molecule has 0 spiro atoms. The van der Waals surface area contributed by atoms with Gasteiger partial charge in [0.05, 0.1) is 11.4 Å². The lowest BCUT2D eigenvalue weighted by molar-refractivity contribution is 0.0877. The van der Waals surface area contributed by atoms with Crippen molar-refractivity contribution in [3.05, 3.63) is 238 Å². The molecule has 7 aromatic carbocycles. The normalized spacial score (nSPS) is 16.7. The number of allylic oxidation sites excluding steroid dienone is 16. The van der Waals surface area contributed by atoms with Crippen molar-refractivity contribution in [1.82, 2.24) is 0 Å². The molecule has 0 saturated carbocycles. The lowest BCUT2D eigenvalue weighted by atomic mass is 9.84. The third-order valence-corrected chi connectivity index (χ3v) is 14.8. The average molecular weight is 905 g/mol. The van der Waals surface area contributed by atoms with Crippen molar-refractivity contribution in [1.29, 1.82) is 0 Å². The van der Waals surface area contributed by atoms with Crippen LogP contribution in [0.5, 0.6) is 0 Å². The maximum atomic E-state index is 14.9. The first kappa shape index (κ1) is 41.4. The minimum atomic E-state index is -0.345. The number of aryl methyl sites for hydroxylation is 2. The maximum Gasteiger partial charge on any atom is 0.266 e. The summed E-state index contributed by atoms with van der Waals surface area (Å²) in [6, 6.07) is 35.9. The van der Waals surface area contributed by atoms with Crippen LogP contribution in [0.4, 0.5) is 11.4 Å². The van der Waals surface area contributed by atoms with Gasteiger partial charge in [-0.15, -0.1) is 0 Å². The number of amides is 4. The van der Waals surface area contributed by atoms with E-state index in [1.807, 2.05) is 98.8 Å². The summed E-state index contributed by atoms with van der Waals surface area (Å²) in [5.41, 5.74) is 16.7. The zero-order chi connectivity index (χ0) is 47.4. The molecule has 70 heavy (non-hydrogen) atoms. The summed E-state index contributed by atoms with van der Waals surface area (Å²) in [5, 5.41) is 2.99. The van der Waals surface area contributed by atoms with Crippen LogP contribution in [0.2, 0.25) is 0 Å². The summed E-state index contributed by atoms with van der Waals surface area (Å²) in [5.74, 6) is -1.37. The van der Waals surface area contributed by atoms with Gasteiger partial charge in [0.1, 0.15) is 0 Å². The van der Waals surface area contributed by atoms with Crippen molar-refractivity contribution in [3.8, 4) is 22.3 Å². The fourth-order valence-electron chi connectivity index (χ4n) is 11.6. The lowest BCUT2D eigenvalue weighted by Gasteiger charge is -2.30. The van der Waals surface area contributed by atoms with Crippen LogP contribution in [0.25, 0.3) is 66.1 Å². The minimum Gasteiger partial charge on any atom is -0.268 e. The van der Waals surface area contributed by atoms with Gasteiger partial charge in [-0.3, -0.25) is 19.2 Å². The first-order chi connectivity index (χ1) is 34.2. The summed E-state index contributed by atoms with van der Waals surface area (Å²) >= 11 is 0. The smallest absolute Gasteiger partial charge is 0.266 e. The van der Waals surface area contributed by atoms with E-state index in [1.165, 1.54) is 9.80 Å². The Labute approximate surface area is 405 Å². The Bertz CT molecular complexity index is 3610. The van der Waals surface area contributed by atoms with Crippen molar-refractivity contribution >= 4 is 78.8 Å². The van der Waals surface area contributed by atoms with Crippen LogP contribution < -0.4 is 9.80 Å². The van der Waals surface area contributed by atoms with E-state index in [0.717, 1.165) is 114 Å². The molecule has 0 radical (unpaired) electrons. The van der Waals surface area contributed by atoms with Crippen LogP contribution in [-0.2, 0) is 0 Å². The minimum absolute atomic E-state index is 0.340. The van der Waals surface area contributed by atoms with Gasteiger partial charge in [-0.05, 0) is 154 Å². The summed E-state index contributed by atoms with van der Waals surface area (Å²) in [4.78, 5) is 62.1. The zero-order valence-electron chi connectivity index (χ0n) is 38.7. The number of anilines is 2. The molecule has 13 rings (SSSR count). The van der Waals surface area contributed by atoms with E-state index in [1.54, 1.807) is 0 Å². The van der Waals surface area contributed by atoms with E-state index in [4.69, 9.17) is 0 Å². The standard InChI is InChI=1S/C64H44N2O4/c1-37-33-53-59-49(21-11-23-51(59)61(67)65(63(53)69)55-35-45(39-13-3-4-14-39)29-31-47(55)41-17-7-8-18-41)57(37)43-25-27-44(28-26-43)58-38(2)34-54-60-50(58)22-12-24-52(60)62(68)66(64(54)70)56-36-46(40-15-5-6-16-40)30-32-48(56)42-19-9-10-20-42/h3-7,9,11-13,15,17-36H,8,10,14,16H2,1-2H3. The van der Waals surface area contributed by atoms with E-state index in [2.05, 4.69) is 97.2 Å². The number of hydrogen-bond donors (Lipinski definition) is 0. The summed E-state index contributed by atoms with van der Waals surface area (Å²) in [7, 11) is 0. The van der Waals surface area contributed by atoms with Gasteiger partial charge in [0, 0.05) is 44.2 Å². The molecular formula is C64H44N2O4.